The van der Waals surface area contributed by atoms with Crippen LogP contribution < -0.4 is 5.32 Å². The van der Waals surface area contributed by atoms with E-state index in [0.717, 1.165) is 55.6 Å². The van der Waals surface area contributed by atoms with E-state index in [-0.39, 0.29) is 17.9 Å². The van der Waals surface area contributed by atoms with Gasteiger partial charge in [-0.2, -0.15) is 0 Å². The van der Waals surface area contributed by atoms with Gasteiger partial charge in [0, 0.05) is 44.2 Å². The molecule has 0 saturated heterocycles. The molecule has 3 heterocycles. The standard InChI is InChI=1S/C19H28N6O/c1-13(2)19(26)21-15(4)18-23-22-17-8-9-24(10-11-25(17)18)12-16-7-5-6-14(3)20-16/h5-7,13,15H,8-12H2,1-4H3,(H,21,26). The molecule has 7 heteroatoms. The van der Waals surface area contributed by atoms with Gasteiger partial charge >= 0.3 is 0 Å². The van der Waals surface area contributed by atoms with Gasteiger partial charge in [0.05, 0.1) is 11.7 Å². The van der Waals surface area contributed by atoms with Crippen molar-refractivity contribution in [2.24, 2.45) is 5.92 Å². The van der Waals surface area contributed by atoms with Gasteiger partial charge in [-0.1, -0.05) is 19.9 Å². The summed E-state index contributed by atoms with van der Waals surface area (Å²) in [6.45, 7) is 11.3. The van der Waals surface area contributed by atoms with E-state index in [1.165, 1.54) is 0 Å². The average molecular weight is 356 g/mol. The molecule has 0 radical (unpaired) electrons. The van der Waals surface area contributed by atoms with Crippen LogP contribution in [0.25, 0.3) is 0 Å². The summed E-state index contributed by atoms with van der Waals surface area (Å²) in [6, 6.07) is 6.01. The van der Waals surface area contributed by atoms with Crippen LogP contribution in [-0.2, 0) is 24.3 Å². The zero-order valence-electron chi connectivity index (χ0n) is 16.1. The van der Waals surface area contributed by atoms with E-state index in [2.05, 4.69) is 42.1 Å². The Balaban J connectivity index is 1.67. The third kappa shape index (κ3) is 4.27. The lowest BCUT2D eigenvalue weighted by Gasteiger charge is -2.20. The monoisotopic (exact) mass is 356 g/mol. The molecule has 26 heavy (non-hydrogen) atoms. The molecule has 0 spiro atoms. The first-order chi connectivity index (χ1) is 12.4. The SMILES string of the molecule is Cc1cccc(CN2CCc3nnc(C(C)NC(=O)C(C)C)n3CC2)n1. The fraction of sp³-hybridized carbons (Fsp3) is 0.579. The van der Waals surface area contributed by atoms with Gasteiger partial charge in [-0.05, 0) is 26.0 Å². The van der Waals surface area contributed by atoms with Gasteiger partial charge in [-0.25, -0.2) is 0 Å². The van der Waals surface area contributed by atoms with Gasteiger partial charge in [0.25, 0.3) is 0 Å². The fourth-order valence-electron chi connectivity index (χ4n) is 3.23. The number of nitrogens with zero attached hydrogens (tertiary/aromatic N) is 5. The molecular formula is C19H28N6O. The Hall–Kier alpha value is -2.28. The highest BCUT2D eigenvalue weighted by Crippen LogP contribution is 2.17. The maximum atomic E-state index is 12.0. The Labute approximate surface area is 154 Å². The summed E-state index contributed by atoms with van der Waals surface area (Å²) in [5.41, 5.74) is 2.15. The number of amides is 1. The highest BCUT2D eigenvalue weighted by Gasteiger charge is 2.23. The average Bonchev–Trinajstić information content (AvgIpc) is 2.90. The lowest BCUT2D eigenvalue weighted by molar-refractivity contribution is -0.124. The summed E-state index contributed by atoms with van der Waals surface area (Å²) < 4.78 is 2.16. The number of hydrogen-bond donors (Lipinski definition) is 1. The summed E-state index contributed by atoms with van der Waals surface area (Å²) in [5.74, 6) is 1.83. The normalized spacial score (nSPS) is 16.2. The first-order valence-electron chi connectivity index (χ1n) is 9.31. The first-order valence-corrected chi connectivity index (χ1v) is 9.31. The maximum absolute atomic E-state index is 12.0. The Kier molecular flexibility index (Phi) is 5.66. The minimum Gasteiger partial charge on any atom is -0.346 e. The molecule has 1 N–H and O–H groups in total. The Morgan fingerprint density at radius 1 is 1.19 bits per heavy atom. The van der Waals surface area contributed by atoms with Crippen LogP contribution in [0, 0.1) is 12.8 Å². The van der Waals surface area contributed by atoms with E-state index >= 15 is 0 Å². The van der Waals surface area contributed by atoms with Crippen molar-refractivity contribution in [1.29, 1.82) is 0 Å². The lowest BCUT2D eigenvalue weighted by Crippen LogP contribution is -2.32. The molecular weight excluding hydrogens is 328 g/mol. The van der Waals surface area contributed by atoms with Crippen LogP contribution in [0.15, 0.2) is 18.2 Å². The summed E-state index contributed by atoms with van der Waals surface area (Å²) >= 11 is 0. The van der Waals surface area contributed by atoms with Crippen molar-refractivity contribution in [1.82, 2.24) is 30.0 Å². The van der Waals surface area contributed by atoms with Crippen molar-refractivity contribution in [2.45, 2.75) is 53.2 Å². The van der Waals surface area contributed by atoms with Crippen LogP contribution in [0.2, 0.25) is 0 Å². The summed E-state index contributed by atoms with van der Waals surface area (Å²) in [5, 5.41) is 11.7. The van der Waals surface area contributed by atoms with Crippen LogP contribution in [0.5, 0.6) is 0 Å². The second-order valence-electron chi connectivity index (χ2n) is 7.31. The van der Waals surface area contributed by atoms with E-state index in [0.29, 0.717) is 0 Å². The molecule has 2 aromatic rings. The number of fused-ring (bicyclic) bond motifs is 1. The van der Waals surface area contributed by atoms with Crippen LogP contribution in [0.4, 0.5) is 0 Å². The van der Waals surface area contributed by atoms with Crippen LogP contribution in [-0.4, -0.2) is 43.6 Å². The molecule has 140 valence electrons. The molecule has 0 aliphatic carbocycles. The highest BCUT2D eigenvalue weighted by atomic mass is 16.1. The Morgan fingerprint density at radius 3 is 2.73 bits per heavy atom. The molecule has 3 rings (SSSR count). The summed E-state index contributed by atoms with van der Waals surface area (Å²) in [4.78, 5) is 19.0. The number of nitrogens with one attached hydrogen (secondary N) is 1. The number of hydrogen-bond acceptors (Lipinski definition) is 5. The Bertz CT molecular complexity index is 769. The third-order valence-corrected chi connectivity index (χ3v) is 4.75. The first kappa shape index (κ1) is 18.5. The van der Waals surface area contributed by atoms with Gasteiger partial charge in [0.2, 0.25) is 5.91 Å². The minimum atomic E-state index is -0.142. The quantitative estimate of drug-likeness (QED) is 0.885. The van der Waals surface area contributed by atoms with Crippen molar-refractivity contribution >= 4 is 5.91 Å². The highest BCUT2D eigenvalue weighted by molar-refractivity contribution is 5.78. The zero-order valence-corrected chi connectivity index (χ0v) is 16.1. The van der Waals surface area contributed by atoms with Gasteiger partial charge in [0.15, 0.2) is 5.82 Å². The number of rotatable bonds is 5. The van der Waals surface area contributed by atoms with Crippen molar-refractivity contribution in [2.75, 3.05) is 13.1 Å². The molecule has 1 aliphatic rings. The summed E-state index contributed by atoms with van der Waals surface area (Å²) in [7, 11) is 0. The van der Waals surface area contributed by atoms with Gasteiger partial charge < -0.3 is 9.88 Å². The van der Waals surface area contributed by atoms with Gasteiger partial charge in [-0.3, -0.25) is 14.7 Å². The Morgan fingerprint density at radius 2 is 2.00 bits per heavy atom. The minimum absolute atomic E-state index is 0.0376. The van der Waals surface area contributed by atoms with Crippen molar-refractivity contribution in [3.8, 4) is 0 Å². The van der Waals surface area contributed by atoms with Crippen molar-refractivity contribution < 1.29 is 4.79 Å². The predicted octanol–water partition coefficient (Wildman–Crippen LogP) is 1.87. The molecule has 0 saturated carbocycles. The van der Waals surface area contributed by atoms with E-state index in [9.17, 15) is 4.79 Å². The van der Waals surface area contributed by atoms with Crippen molar-refractivity contribution in [3.05, 3.63) is 41.2 Å². The molecule has 1 unspecified atom stereocenters. The van der Waals surface area contributed by atoms with E-state index in [4.69, 9.17) is 0 Å². The molecule has 7 nitrogen and oxygen atoms in total. The second kappa shape index (κ2) is 7.95. The van der Waals surface area contributed by atoms with Gasteiger partial charge in [0.1, 0.15) is 5.82 Å². The summed E-state index contributed by atoms with van der Waals surface area (Å²) in [6.07, 6.45) is 0.851. The van der Waals surface area contributed by atoms with Gasteiger partial charge in [-0.15, -0.1) is 10.2 Å². The maximum Gasteiger partial charge on any atom is 0.223 e. The number of carbonyl (C=O) groups is 1. The van der Waals surface area contributed by atoms with E-state index in [1.807, 2.05) is 33.8 Å². The molecule has 1 amide bonds. The number of pyridine rings is 1. The molecule has 1 atom stereocenters. The number of carbonyl (C=O) groups excluding carboxylic acids is 1. The molecule has 0 fully saturated rings. The van der Waals surface area contributed by atoms with E-state index in [1.54, 1.807) is 0 Å². The zero-order chi connectivity index (χ0) is 18.7. The molecule has 1 aliphatic heterocycles. The predicted molar refractivity (Wildman–Crippen MR) is 99.4 cm³/mol. The van der Waals surface area contributed by atoms with Crippen molar-refractivity contribution in [3.63, 3.8) is 0 Å². The fourth-order valence-corrected chi connectivity index (χ4v) is 3.23. The topological polar surface area (TPSA) is 75.9 Å². The van der Waals surface area contributed by atoms with Crippen LogP contribution in [0.3, 0.4) is 0 Å². The van der Waals surface area contributed by atoms with Crippen LogP contribution in [0.1, 0.15) is 49.8 Å². The molecule has 0 bridgehead atoms. The second-order valence-corrected chi connectivity index (χ2v) is 7.31. The largest absolute Gasteiger partial charge is 0.346 e. The third-order valence-electron chi connectivity index (χ3n) is 4.75. The lowest BCUT2D eigenvalue weighted by atomic mass is 10.2. The smallest absolute Gasteiger partial charge is 0.223 e. The molecule has 2 aromatic heterocycles. The molecule has 0 aromatic carbocycles. The van der Waals surface area contributed by atoms with Crippen LogP contribution >= 0.6 is 0 Å². The van der Waals surface area contributed by atoms with E-state index < -0.39 is 0 Å². The number of aryl methyl sites for hydroxylation is 1. The number of aromatic nitrogens is 4.